The van der Waals surface area contributed by atoms with Gasteiger partial charge >= 0.3 is 0 Å². The third-order valence-corrected chi connectivity index (χ3v) is 3.24. The lowest BCUT2D eigenvalue weighted by Crippen LogP contribution is -2.39. The van der Waals surface area contributed by atoms with Gasteiger partial charge in [-0.25, -0.2) is 0 Å². The Labute approximate surface area is 74.7 Å². The largest absolute Gasteiger partial charge is 0.376 e. The van der Waals surface area contributed by atoms with E-state index in [4.69, 9.17) is 4.74 Å². The highest BCUT2D eigenvalue weighted by Gasteiger charge is 2.40. The summed E-state index contributed by atoms with van der Waals surface area (Å²) >= 11 is 0. The van der Waals surface area contributed by atoms with Gasteiger partial charge in [0.25, 0.3) is 0 Å². The fourth-order valence-corrected chi connectivity index (χ4v) is 2.94. The molecule has 0 unspecified atom stereocenters. The van der Waals surface area contributed by atoms with Crippen molar-refractivity contribution in [3.63, 3.8) is 0 Å². The van der Waals surface area contributed by atoms with Crippen molar-refractivity contribution in [2.45, 2.75) is 45.3 Å². The first kappa shape index (κ1) is 8.52. The van der Waals surface area contributed by atoms with Crippen molar-refractivity contribution in [1.29, 1.82) is 0 Å². The molecule has 0 aliphatic carbocycles. The van der Waals surface area contributed by atoms with E-state index in [1.807, 2.05) is 0 Å². The van der Waals surface area contributed by atoms with Crippen LogP contribution in [-0.2, 0) is 4.74 Å². The van der Waals surface area contributed by atoms with Crippen LogP contribution < -0.4 is 5.32 Å². The summed E-state index contributed by atoms with van der Waals surface area (Å²) < 4.78 is 5.75. The molecule has 2 atom stereocenters. The van der Waals surface area contributed by atoms with Crippen molar-refractivity contribution >= 4 is 0 Å². The van der Waals surface area contributed by atoms with Crippen LogP contribution in [-0.4, -0.2) is 25.3 Å². The Bertz CT molecular complexity index is 151. The summed E-state index contributed by atoms with van der Waals surface area (Å²) in [6, 6.07) is 0. The molecule has 0 radical (unpaired) electrons. The Balaban J connectivity index is 2.04. The van der Waals surface area contributed by atoms with Gasteiger partial charge in [0.15, 0.2) is 0 Å². The van der Waals surface area contributed by atoms with Gasteiger partial charge in [-0.15, -0.1) is 0 Å². The first-order valence-corrected chi connectivity index (χ1v) is 5.06. The zero-order valence-corrected chi connectivity index (χ0v) is 8.10. The Morgan fingerprint density at radius 2 is 1.92 bits per heavy atom. The number of hydrogen-bond donors (Lipinski definition) is 1. The minimum atomic E-state index is 0.466. The second-order valence-corrected chi connectivity index (χ2v) is 4.59. The number of hydrogen-bond acceptors (Lipinski definition) is 2. The van der Waals surface area contributed by atoms with Crippen LogP contribution in [0, 0.1) is 5.41 Å². The van der Waals surface area contributed by atoms with E-state index in [0.29, 0.717) is 17.6 Å². The van der Waals surface area contributed by atoms with Crippen molar-refractivity contribution in [3.8, 4) is 0 Å². The highest BCUT2D eigenvalue weighted by atomic mass is 16.5. The van der Waals surface area contributed by atoms with Crippen LogP contribution in [0.5, 0.6) is 0 Å². The average molecular weight is 169 g/mol. The molecule has 0 bridgehead atoms. The molecule has 0 aromatic rings. The van der Waals surface area contributed by atoms with E-state index in [9.17, 15) is 0 Å². The number of rotatable bonds is 0. The van der Waals surface area contributed by atoms with Gasteiger partial charge in [0.05, 0.1) is 12.2 Å². The van der Waals surface area contributed by atoms with E-state index in [-0.39, 0.29) is 0 Å². The SMILES string of the molecule is C[C@@H]1CC2(CCNC2)C[C@@H](C)O1. The topological polar surface area (TPSA) is 21.3 Å². The molecule has 2 heteroatoms. The lowest BCUT2D eigenvalue weighted by molar-refractivity contribution is -0.0810. The molecule has 1 spiro atoms. The fraction of sp³-hybridized carbons (Fsp3) is 1.00. The Morgan fingerprint density at radius 3 is 2.42 bits per heavy atom. The van der Waals surface area contributed by atoms with E-state index in [2.05, 4.69) is 19.2 Å². The van der Waals surface area contributed by atoms with Crippen LogP contribution in [0.2, 0.25) is 0 Å². The molecule has 2 rings (SSSR count). The number of nitrogens with one attached hydrogen (secondary N) is 1. The molecule has 12 heavy (non-hydrogen) atoms. The molecule has 70 valence electrons. The maximum atomic E-state index is 5.75. The van der Waals surface area contributed by atoms with Crippen molar-refractivity contribution < 1.29 is 4.74 Å². The summed E-state index contributed by atoms with van der Waals surface area (Å²) in [5.41, 5.74) is 0.580. The van der Waals surface area contributed by atoms with Crippen LogP contribution >= 0.6 is 0 Å². The third-order valence-electron chi connectivity index (χ3n) is 3.24. The van der Waals surface area contributed by atoms with Crippen LogP contribution in [0.4, 0.5) is 0 Å². The molecule has 1 N–H and O–H groups in total. The van der Waals surface area contributed by atoms with Gasteiger partial charge in [0.1, 0.15) is 0 Å². The summed E-state index contributed by atoms with van der Waals surface area (Å²) in [7, 11) is 0. The summed E-state index contributed by atoms with van der Waals surface area (Å²) in [6.07, 6.45) is 4.79. The quantitative estimate of drug-likeness (QED) is 0.594. The molecule has 2 nitrogen and oxygen atoms in total. The van der Waals surface area contributed by atoms with Crippen molar-refractivity contribution in [2.24, 2.45) is 5.41 Å². The first-order chi connectivity index (χ1) is 5.70. The molecule has 0 amide bonds. The molecule has 2 aliphatic heterocycles. The minimum absolute atomic E-state index is 0.466. The zero-order chi connectivity index (χ0) is 8.60. The van der Waals surface area contributed by atoms with Crippen LogP contribution in [0.15, 0.2) is 0 Å². The monoisotopic (exact) mass is 169 g/mol. The maximum absolute atomic E-state index is 5.75. The predicted molar refractivity (Wildman–Crippen MR) is 49.2 cm³/mol. The second-order valence-electron chi connectivity index (χ2n) is 4.59. The molecule has 2 aliphatic rings. The molecule has 0 saturated carbocycles. The van der Waals surface area contributed by atoms with Crippen molar-refractivity contribution in [1.82, 2.24) is 5.32 Å². The second kappa shape index (κ2) is 3.00. The molecule has 2 fully saturated rings. The van der Waals surface area contributed by atoms with E-state index < -0.39 is 0 Å². The summed E-state index contributed by atoms with van der Waals surface area (Å²) in [5, 5.41) is 3.47. The number of ether oxygens (including phenoxy) is 1. The van der Waals surface area contributed by atoms with Crippen LogP contribution in [0.25, 0.3) is 0 Å². The fourth-order valence-electron chi connectivity index (χ4n) is 2.94. The predicted octanol–water partition coefficient (Wildman–Crippen LogP) is 1.55. The van der Waals surface area contributed by atoms with Gasteiger partial charge in [0, 0.05) is 6.54 Å². The lowest BCUT2D eigenvalue weighted by atomic mass is 9.75. The smallest absolute Gasteiger partial charge is 0.0556 e. The van der Waals surface area contributed by atoms with E-state index >= 15 is 0 Å². The molecule has 0 aromatic heterocycles. The Morgan fingerprint density at radius 1 is 1.25 bits per heavy atom. The summed E-state index contributed by atoms with van der Waals surface area (Å²) in [6.45, 7) is 6.83. The first-order valence-electron chi connectivity index (χ1n) is 5.06. The molecule has 2 heterocycles. The average Bonchev–Trinajstić information content (AvgIpc) is 2.33. The summed E-state index contributed by atoms with van der Waals surface area (Å²) in [5.74, 6) is 0. The van der Waals surface area contributed by atoms with Gasteiger partial charge in [-0.1, -0.05) is 0 Å². The molecule has 2 saturated heterocycles. The standard InChI is InChI=1S/C10H19NO/c1-8-5-10(3-4-11-7-10)6-9(2)12-8/h8-9,11H,3-7H2,1-2H3/t8-,9-/m1/s1. The Kier molecular flexibility index (Phi) is 2.13. The third kappa shape index (κ3) is 1.50. The normalized spacial score (nSPS) is 48.5. The van der Waals surface area contributed by atoms with E-state index in [1.165, 1.54) is 32.4 Å². The summed E-state index contributed by atoms with van der Waals surface area (Å²) in [4.78, 5) is 0. The van der Waals surface area contributed by atoms with Crippen LogP contribution in [0.3, 0.4) is 0 Å². The van der Waals surface area contributed by atoms with Crippen molar-refractivity contribution in [3.05, 3.63) is 0 Å². The zero-order valence-electron chi connectivity index (χ0n) is 8.10. The van der Waals surface area contributed by atoms with Crippen LogP contribution in [0.1, 0.15) is 33.1 Å². The lowest BCUT2D eigenvalue weighted by Gasteiger charge is -2.39. The maximum Gasteiger partial charge on any atom is 0.0556 e. The van der Waals surface area contributed by atoms with E-state index in [1.54, 1.807) is 0 Å². The van der Waals surface area contributed by atoms with Gasteiger partial charge in [-0.3, -0.25) is 0 Å². The van der Waals surface area contributed by atoms with Gasteiger partial charge in [-0.05, 0) is 45.1 Å². The minimum Gasteiger partial charge on any atom is -0.376 e. The molecular weight excluding hydrogens is 150 g/mol. The van der Waals surface area contributed by atoms with Gasteiger partial charge < -0.3 is 10.1 Å². The molecule has 0 aromatic carbocycles. The molecular formula is C10H19NO. The van der Waals surface area contributed by atoms with E-state index in [0.717, 1.165) is 0 Å². The van der Waals surface area contributed by atoms with Crippen molar-refractivity contribution in [2.75, 3.05) is 13.1 Å². The van der Waals surface area contributed by atoms with Gasteiger partial charge in [-0.2, -0.15) is 0 Å². The van der Waals surface area contributed by atoms with Gasteiger partial charge in [0.2, 0.25) is 0 Å². The Hall–Kier alpha value is -0.0800. The highest BCUT2D eigenvalue weighted by molar-refractivity contribution is 4.93. The highest BCUT2D eigenvalue weighted by Crippen LogP contribution is 2.40.